The van der Waals surface area contributed by atoms with Crippen LogP contribution in [0.1, 0.15) is 0 Å². The zero-order chi connectivity index (χ0) is 13.0. The Morgan fingerprint density at radius 2 is 1.94 bits per heavy atom. The van der Waals surface area contributed by atoms with Gasteiger partial charge in [0.05, 0.1) is 0 Å². The second kappa shape index (κ2) is 5.50. The quantitative estimate of drug-likeness (QED) is 0.894. The highest BCUT2D eigenvalue weighted by atomic mass is 32.1. The summed E-state index contributed by atoms with van der Waals surface area (Å²) < 4.78 is 0. The number of nitrogens with zero attached hydrogens (tertiary/aromatic N) is 2. The van der Waals surface area contributed by atoms with Gasteiger partial charge in [-0.05, 0) is 24.3 Å². The largest absolute Gasteiger partial charge is 0.378 e. The van der Waals surface area contributed by atoms with Gasteiger partial charge in [-0.3, -0.25) is 5.32 Å². The Bertz CT molecular complexity index is 507. The van der Waals surface area contributed by atoms with E-state index in [0.29, 0.717) is 5.13 Å². The average Bonchev–Trinajstić information content (AvgIpc) is 2.82. The van der Waals surface area contributed by atoms with E-state index >= 15 is 0 Å². The topological polar surface area (TPSA) is 57.3 Å². The number of aromatic nitrogens is 1. The Labute approximate surface area is 109 Å². The number of amides is 2. The molecule has 1 heterocycles. The molecular weight excluding hydrogens is 248 g/mol. The molecule has 2 rings (SSSR count). The fourth-order valence-corrected chi connectivity index (χ4v) is 1.91. The summed E-state index contributed by atoms with van der Waals surface area (Å²) in [6.45, 7) is 0. The van der Waals surface area contributed by atoms with E-state index in [0.717, 1.165) is 11.4 Å². The first-order chi connectivity index (χ1) is 8.65. The lowest BCUT2D eigenvalue weighted by Gasteiger charge is -2.13. The van der Waals surface area contributed by atoms with Crippen LogP contribution in [0.2, 0.25) is 0 Å². The third-order valence-corrected chi connectivity index (χ3v) is 2.98. The zero-order valence-electron chi connectivity index (χ0n) is 10.2. The van der Waals surface area contributed by atoms with Crippen molar-refractivity contribution in [3.63, 3.8) is 0 Å². The molecule has 0 spiro atoms. The van der Waals surface area contributed by atoms with Gasteiger partial charge in [0.25, 0.3) is 0 Å². The van der Waals surface area contributed by atoms with Gasteiger partial charge < -0.3 is 10.2 Å². The van der Waals surface area contributed by atoms with Crippen molar-refractivity contribution in [1.82, 2.24) is 4.98 Å². The highest BCUT2D eigenvalue weighted by Crippen LogP contribution is 2.16. The SMILES string of the molecule is CN(C)c1ccc(NC(=O)Nc2nccs2)cc1. The van der Waals surface area contributed by atoms with Crippen molar-refractivity contribution in [2.75, 3.05) is 29.6 Å². The molecule has 0 aliphatic rings. The molecule has 94 valence electrons. The molecule has 18 heavy (non-hydrogen) atoms. The number of carbonyl (C=O) groups is 1. The number of nitrogens with one attached hydrogen (secondary N) is 2. The van der Waals surface area contributed by atoms with Gasteiger partial charge in [-0.15, -0.1) is 11.3 Å². The monoisotopic (exact) mass is 262 g/mol. The van der Waals surface area contributed by atoms with E-state index < -0.39 is 0 Å². The number of anilines is 3. The second-order valence-electron chi connectivity index (χ2n) is 3.86. The fraction of sp³-hybridized carbons (Fsp3) is 0.167. The summed E-state index contributed by atoms with van der Waals surface area (Å²) in [5.41, 5.74) is 1.83. The molecule has 0 saturated heterocycles. The number of hydrogen-bond acceptors (Lipinski definition) is 4. The lowest BCUT2D eigenvalue weighted by molar-refractivity contribution is 0.262. The smallest absolute Gasteiger partial charge is 0.325 e. The second-order valence-corrected chi connectivity index (χ2v) is 4.75. The molecule has 6 heteroatoms. The van der Waals surface area contributed by atoms with Crippen molar-refractivity contribution in [2.45, 2.75) is 0 Å². The molecule has 0 saturated carbocycles. The molecule has 0 bridgehead atoms. The summed E-state index contributed by atoms with van der Waals surface area (Å²) >= 11 is 1.38. The van der Waals surface area contributed by atoms with Gasteiger partial charge in [0.2, 0.25) is 0 Å². The zero-order valence-corrected chi connectivity index (χ0v) is 11.0. The van der Waals surface area contributed by atoms with Crippen LogP contribution in [0.3, 0.4) is 0 Å². The number of urea groups is 1. The van der Waals surface area contributed by atoms with Crippen molar-refractivity contribution >= 4 is 33.9 Å². The molecule has 0 radical (unpaired) electrons. The summed E-state index contributed by atoms with van der Waals surface area (Å²) in [6.07, 6.45) is 1.64. The van der Waals surface area contributed by atoms with Gasteiger partial charge in [-0.2, -0.15) is 0 Å². The first-order valence-corrected chi connectivity index (χ1v) is 6.28. The van der Waals surface area contributed by atoms with E-state index in [4.69, 9.17) is 0 Å². The summed E-state index contributed by atoms with van der Waals surface area (Å²) in [4.78, 5) is 17.6. The number of hydrogen-bond donors (Lipinski definition) is 2. The van der Waals surface area contributed by atoms with Crippen molar-refractivity contribution in [3.05, 3.63) is 35.8 Å². The van der Waals surface area contributed by atoms with Crippen LogP contribution in [0.25, 0.3) is 0 Å². The Kier molecular flexibility index (Phi) is 3.78. The maximum Gasteiger partial charge on any atom is 0.325 e. The lowest BCUT2D eigenvalue weighted by Crippen LogP contribution is -2.19. The van der Waals surface area contributed by atoms with Crippen LogP contribution in [0.5, 0.6) is 0 Å². The highest BCUT2D eigenvalue weighted by Gasteiger charge is 2.04. The normalized spacial score (nSPS) is 9.89. The highest BCUT2D eigenvalue weighted by molar-refractivity contribution is 7.13. The Balaban J connectivity index is 1.95. The Morgan fingerprint density at radius 1 is 1.22 bits per heavy atom. The molecule has 0 atom stereocenters. The van der Waals surface area contributed by atoms with E-state index in [-0.39, 0.29) is 6.03 Å². The van der Waals surface area contributed by atoms with E-state index in [1.54, 1.807) is 6.20 Å². The maximum atomic E-state index is 11.6. The summed E-state index contributed by atoms with van der Waals surface area (Å²) in [7, 11) is 3.94. The van der Waals surface area contributed by atoms with Crippen LogP contribution in [-0.2, 0) is 0 Å². The van der Waals surface area contributed by atoms with Gasteiger partial charge in [-0.1, -0.05) is 0 Å². The predicted molar refractivity (Wildman–Crippen MR) is 75.5 cm³/mol. The predicted octanol–water partition coefficient (Wildman–Crippen LogP) is 2.85. The molecule has 1 aromatic heterocycles. The molecule has 1 aromatic carbocycles. The van der Waals surface area contributed by atoms with Gasteiger partial charge >= 0.3 is 6.03 Å². The van der Waals surface area contributed by atoms with Crippen LogP contribution >= 0.6 is 11.3 Å². The van der Waals surface area contributed by atoms with Crippen LogP contribution in [0, 0.1) is 0 Å². The Morgan fingerprint density at radius 3 is 2.50 bits per heavy atom. The van der Waals surface area contributed by atoms with Crippen LogP contribution < -0.4 is 15.5 Å². The molecule has 2 amide bonds. The summed E-state index contributed by atoms with van der Waals surface area (Å²) in [6, 6.07) is 7.31. The van der Waals surface area contributed by atoms with E-state index in [9.17, 15) is 4.79 Å². The van der Waals surface area contributed by atoms with Gasteiger partial charge in [0.1, 0.15) is 0 Å². The Hall–Kier alpha value is -2.08. The molecular formula is C12H14N4OS. The molecule has 2 aromatic rings. The van der Waals surface area contributed by atoms with E-state index in [1.807, 2.05) is 48.6 Å². The third kappa shape index (κ3) is 3.21. The molecule has 5 nitrogen and oxygen atoms in total. The first kappa shape index (κ1) is 12.4. The first-order valence-electron chi connectivity index (χ1n) is 5.40. The third-order valence-electron chi connectivity index (χ3n) is 2.29. The van der Waals surface area contributed by atoms with Crippen LogP contribution in [0.4, 0.5) is 21.3 Å². The standard InChI is InChI=1S/C12H14N4OS/c1-16(2)10-5-3-9(4-6-10)14-11(17)15-12-13-7-8-18-12/h3-8H,1-2H3,(H2,13,14,15,17). The van der Waals surface area contributed by atoms with Gasteiger partial charge in [-0.25, -0.2) is 9.78 Å². The van der Waals surface area contributed by atoms with Gasteiger partial charge in [0, 0.05) is 37.0 Å². The minimum atomic E-state index is -0.289. The summed E-state index contributed by atoms with van der Waals surface area (Å²) in [5.74, 6) is 0. The molecule has 2 N–H and O–H groups in total. The fourth-order valence-electron chi connectivity index (χ4n) is 1.39. The van der Waals surface area contributed by atoms with Gasteiger partial charge in [0.15, 0.2) is 5.13 Å². The number of rotatable bonds is 3. The number of carbonyl (C=O) groups excluding carboxylic acids is 1. The maximum absolute atomic E-state index is 11.6. The lowest BCUT2D eigenvalue weighted by atomic mass is 10.2. The van der Waals surface area contributed by atoms with E-state index in [2.05, 4.69) is 15.6 Å². The minimum Gasteiger partial charge on any atom is -0.378 e. The van der Waals surface area contributed by atoms with Crippen LogP contribution in [0.15, 0.2) is 35.8 Å². The summed E-state index contributed by atoms with van der Waals surface area (Å²) in [5, 5.41) is 7.79. The molecule has 0 unspecified atom stereocenters. The van der Waals surface area contributed by atoms with E-state index in [1.165, 1.54) is 11.3 Å². The number of benzene rings is 1. The minimum absolute atomic E-state index is 0.289. The molecule has 0 fully saturated rings. The van der Waals surface area contributed by atoms with Crippen molar-refractivity contribution in [3.8, 4) is 0 Å². The van der Waals surface area contributed by atoms with Crippen molar-refractivity contribution in [1.29, 1.82) is 0 Å². The average molecular weight is 262 g/mol. The van der Waals surface area contributed by atoms with Crippen molar-refractivity contribution in [2.24, 2.45) is 0 Å². The number of thiazole rings is 1. The van der Waals surface area contributed by atoms with Crippen LogP contribution in [-0.4, -0.2) is 25.1 Å². The molecule has 0 aliphatic heterocycles. The van der Waals surface area contributed by atoms with Crippen molar-refractivity contribution < 1.29 is 4.79 Å². The molecule has 0 aliphatic carbocycles.